The van der Waals surface area contributed by atoms with Gasteiger partial charge in [-0.25, -0.2) is 4.99 Å². The van der Waals surface area contributed by atoms with Crippen molar-refractivity contribution in [3.05, 3.63) is 88.3 Å². The van der Waals surface area contributed by atoms with E-state index in [1.165, 1.54) is 4.88 Å². The lowest BCUT2D eigenvalue weighted by Crippen LogP contribution is -2.14. The molecule has 2 N–H and O–H groups in total. The van der Waals surface area contributed by atoms with Gasteiger partial charge in [-0.1, -0.05) is 48.5 Å². The van der Waals surface area contributed by atoms with Gasteiger partial charge >= 0.3 is 0 Å². The first-order valence-electron chi connectivity index (χ1n) is 10.5. The zero-order valence-corrected chi connectivity index (χ0v) is 17.8. The second-order valence-electron chi connectivity index (χ2n) is 7.69. The lowest BCUT2D eigenvalue weighted by Gasteiger charge is -2.12. The molecule has 154 valence electrons. The molecule has 4 nitrogen and oxygen atoms in total. The normalized spacial score (nSPS) is 13.4. The quantitative estimate of drug-likeness (QED) is 0.366. The highest BCUT2D eigenvalue weighted by molar-refractivity contribution is 7.16. The molecule has 5 heteroatoms. The van der Waals surface area contributed by atoms with Crippen molar-refractivity contribution in [3.8, 4) is 5.75 Å². The fourth-order valence-corrected chi connectivity index (χ4v) is 5.37. The number of rotatable bonds is 4. The van der Waals surface area contributed by atoms with Crippen LogP contribution >= 0.6 is 11.3 Å². The van der Waals surface area contributed by atoms with Gasteiger partial charge in [0.2, 0.25) is 0 Å². The van der Waals surface area contributed by atoms with E-state index in [4.69, 9.17) is 4.99 Å². The highest BCUT2D eigenvalue weighted by Crippen LogP contribution is 2.40. The van der Waals surface area contributed by atoms with E-state index in [-0.39, 0.29) is 11.7 Å². The van der Waals surface area contributed by atoms with Crippen molar-refractivity contribution in [2.24, 2.45) is 4.99 Å². The summed E-state index contributed by atoms with van der Waals surface area (Å²) in [6.07, 6.45) is 5.80. The zero-order chi connectivity index (χ0) is 21.2. The smallest absolute Gasteiger partial charge is 0.259 e. The summed E-state index contributed by atoms with van der Waals surface area (Å²) in [5, 5.41) is 16.1. The third kappa shape index (κ3) is 3.84. The minimum atomic E-state index is -0.125. The van der Waals surface area contributed by atoms with Gasteiger partial charge in [0.25, 0.3) is 5.91 Å². The standard InChI is InChI=1S/C26H22N2O2S/c29-22-15-14-17-8-4-5-11-19(17)21(22)16-27-26-24(20-12-6-7-13-23(20)31-26)25(30)28-18-9-2-1-3-10-18/h1-5,8-11,14-16,29H,6-7,12-13H2,(H,28,30). The van der Waals surface area contributed by atoms with E-state index >= 15 is 0 Å². The van der Waals surface area contributed by atoms with Gasteiger partial charge in [0, 0.05) is 22.3 Å². The Balaban J connectivity index is 1.56. The lowest BCUT2D eigenvalue weighted by atomic mass is 9.95. The largest absolute Gasteiger partial charge is 0.507 e. The van der Waals surface area contributed by atoms with Crippen LogP contribution in [-0.4, -0.2) is 17.2 Å². The third-order valence-corrected chi connectivity index (χ3v) is 6.87. The molecule has 0 spiro atoms. The number of aliphatic imine (C=N–C) groups is 1. The van der Waals surface area contributed by atoms with Crippen LogP contribution in [0.4, 0.5) is 10.7 Å². The van der Waals surface area contributed by atoms with Crippen LogP contribution in [-0.2, 0) is 12.8 Å². The summed E-state index contributed by atoms with van der Waals surface area (Å²) in [7, 11) is 0. The van der Waals surface area contributed by atoms with Gasteiger partial charge in [-0.05, 0) is 60.2 Å². The minimum absolute atomic E-state index is 0.125. The van der Waals surface area contributed by atoms with Crippen molar-refractivity contribution in [3.63, 3.8) is 0 Å². The fraction of sp³-hybridized carbons (Fsp3) is 0.154. The average Bonchev–Trinajstić information content (AvgIpc) is 3.17. The summed E-state index contributed by atoms with van der Waals surface area (Å²) < 4.78 is 0. The average molecular weight is 427 g/mol. The van der Waals surface area contributed by atoms with Gasteiger partial charge in [-0.2, -0.15) is 0 Å². The maximum atomic E-state index is 13.2. The van der Waals surface area contributed by atoms with Gasteiger partial charge in [-0.3, -0.25) is 4.79 Å². The summed E-state index contributed by atoms with van der Waals surface area (Å²) in [4.78, 5) is 19.2. The first kappa shape index (κ1) is 19.5. The SMILES string of the molecule is O=C(Nc1ccccc1)c1c(N=Cc2c(O)ccc3ccccc23)sc2c1CCCC2. The third-order valence-electron chi connectivity index (χ3n) is 5.67. The highest BCUT2D eigenvalue weighted by atomic mass is 32.1. The van der Waals surface area contributed by atoms with Crippen molar-refractivity contribution >= 4 is 44.9 Å². The Morgan fingerprint density at radius 3 is 2.61 bits per heavy atom. The Morgan fingerprint density at radius 1 is 0.968 bits per heavy atom. The molecule has 0 bridgehead atoms. The predicted octanol–water partition coefficient (Wildman–Crippen LogP) is 6.49. The van der Waals surface area contributed by atoms with Crippen LogP contribution in [0.25, 0.3) is 10.8 Å². The molecule has 0 unspecified atom stereocenters. The molecule has 31 heavy (non-hydrogen) atoms. The van der Waals surface area contributed by atoms with E-state index in [1.807, 2.05) is 60.7 Å². The van der Waals surface area contributed by atoms with Crippen molar-refractivity contribution < 1.29 is 9.90 Å². The topological polar surface area (TPSA) is 61.7 Å². The summed E-state index contributed by atoms with van der Waals surface area (Å²) in [5.41, 5.74) is 3.22. The zero-order valence-electron chi connectivity index (χ0n) is 17.0. The molecule has 1 amide bonds. The lowest BCUT2D eigenvalue weighted by molar-refractivity contribution is 0.102. The highest BCUT2D eigenvalue weighted by Gasteiger charge is 2.25. The molecule has 1 aliphatic rings. The molecule has 0 atom stereocenters. The van der Waals surface area contributed by atoms with E-state index in [9.17, 15) is 9.90 Å². The van der Waals surface area contributed by atoms with E-state index in [2.05, 4.69) is 5.32 Å². The molecule has 1 aromatic heterocycles. The van der Waals surface area contributed by atoms with Crippen molar-refractivity contribution in [1.29, 1.82) is 0 Å². The van der Waals surface area contributed by atoms with Crippen molar-refractivity contribution in [1.82, 2.24) is 0 Å². The van der Waals surface area contributed by atoms with Crippen LogP contribution in [0.1, 0.15) is 39.2 Å². The molecule has 1 heterocycles. The van der Waals surface area contributed by atoms with Crippen LogP contribution < -0.4 is 5.32 Å². The number of nitrogens with zero attached hydrogens (tertiary/aromatic N) is 1. The molecule has 1 aliphatic carbocycles. The number of carbonyl (C=O) groups is 1. The second kappa shape index (κ2) is 8.36. The van der Waals surface area contributed by atoms with Crippen LogP contribution in [0.3, 0.4) is 0 Å². The molecule has 0 radical (unpaired) electrons. The number of benzene rings is 3. The number of phenolic OH excluding ortho intramolecular Hbond substituents is 1. The summed E-state index contributed by atoms with van der Waals surface area (Å²) in [6.45, 7) is 0. The Labute approximate surface area is 184 Å². The van der Waals surface area contributed by atoms with Crippen LogP contribution in [0.5, 0.6) is 5.75 Å². The Kier molecular flexibility index (Phi) is 5.26. The van der Waals surface area contributed by atoms with E-state index in [0.29, 0.717) is 16.1 Å². The monoisotopic (exact) mass is 426 g/mol. The number of hydrogen-bond donors (Lipinski definition) is 2. The van der Waals surface area contributed by atoms with Gasteiger partial charge in [0.15, 0.2) is 0 Å². The number of para-hydroxylation sites is 1. The molecule has 0 saturated heterocycles. The second-order valence-corrected chi connectivity index (χ2v) is 8.77. The van der Waals surface area contributed by atoms with Crippen LogP contribution in [0.2, 0.25) is 0 Å². The first-order valence-corrected chi connectivity index (χ1v) is 11.3. The predicted molar refractivity (Wildman–Crippen MR) is 128 cm³/mol. The minimum Gasteiger partial charge on any atom is -0.507 e. The molecule has 0 aliphatic heterocycles. The van der Waals surface area contributed by atoms with Gasteiger partial charge in [0.1, 0.15) is 10.8 Å². The maximum absolute atomic E-state index is 13.2. The molecule has 3 aromatic carbocycles. The number of carbonyl (C=O) groups excluding carboxylic acids is 1. The fourth-order valence-electron chi connectivity index (χ4n) is 4.13. The van der Waals surface area contributed by atoms with E-state index < -0.39 is 0 Å². The van der Waals surface area contributed by atoms with E-state index in [0.717, 1.165) is 47.7 Å². The molecule has 5 rings (SSSR count). The van der Waals surface area contributed by atoms with E-state index in [1.54, 1.807) is 23.6 Å². The van der Waals surface area contributed by atoms with Gasteiger partial charge < -0.3 is 10.4 Å². The summed E-state index contributed by atoms with van der Waals surface area (Å²) in [6, 6.07) is 21.0. The number of amides is 1. The number of hydrogen-bond acceptors (Lipinski definition) is 4. The molecular weight excluding hydrogens is 404 g/mol. The number of fused-ring (bicyclic) bond motifs is 2. The number of aromatic hydroxyl groups is 1. The van der Waals surface area contributed by atoms with Crippen molar-refractivity contribution in [2.75, 3.05) is 5.32 Å². The number of thiophene rings is 1. The number of phenols is 1. The molecular formula is C26H22N2O2S. The Bertz CT molecular complexity index is 1290. The van der Waals surface area contributed by atoms with Gasteiger partial charge in [-0.15, -0.1) is 11.3 Å². The van der Waals surface area contributed by atoms with Crippen molar-refractivity contribution in [2.45, 2.75) is 25.7 Å². The van der Waals surface area contributed by atoms with Crippen LogP contribution in [0.15, 0.2) is 71.7 Å². The molecule has 0 saturated carbocycles. The number of aryl methyl sites for hydroxylation is 1. The maximum Gasteiger partial charge on any atom is 0.259 e. The Morgan fingerprint density at radius 2 is 1.74 bits per heavy atom. The number of anilines is 1. The first-order chi connectivity index (χ1) is 15.2. The molecule has 0 fully saturated rings. The van der Waals surface area contributed by atoms with Gasteiger partial charge in [0.05, 0.1) is 5.56 Å². The number of nitrogens with one attached hydrogen (secondary N) is 1. The molecule has 4 aromatic rings. The van der Waals surface area contributed by atoms with Crippen LogP contribution in [0, 0.1) is 0 Å². The Hall–Kier alpha value is -3.44. The summed E-state index contributed by atoms with van der Waals surface area (Å²) >= 11 is 1.59. The summed E-state index contributed by atoms with van der Waals surface area (Å²) in [5.74, 6) is 0.0546.